The zero-order valence-electron chi connectivity index (χ0n) is 27.3. The van der Waals surface area contributed by atoms with Crippen LogP contribution in [0.4, 0.5) is 0 Å². The number of esters is 2. The Kier molecular flexibility index (Phi) is 9.96. The van der Waals surface area contributed by atoms with Gasteiger partial charge in [-0.05, 0) is 96.6 Å². The minimum atomic E-state index is -0.599. The van der Waals surface area contributed by atoms with E-state index in [0.29, 0.717) is 35.5 Å². The Labute approximate surface area is 263 Å². The van der Waals surface area contributed by atoms with Crippen LogP contribution >= 0.6 is 0 Å². The summed E-state index contributed by atoms with van der Waals surface area (Å²) in [5.74, 6) is -0.0150. The number of rotatable bonds is 8. The van der Waals surface area contributed by atoms with E-state index in [1.54, 1.807) is 24.3 Å². The van der Waals surface area contributed by atoms with Gasteiger partial charge >= 0.3 is 11.9 Å². The van der Waals surface area contributed by atoms with Crippen molar-refractivity contribution in [3.8, 4) is 11.5 Å². The largest absolute Gasteiger partial charge is 0.508 e. The Bertz CT molecular complexity index is 1160. The van der Waals surface area contributed by atoms with Gasteiger partial charge in [0.05, 0.1) is 11.8 Å². The lowest BCUT2D eigenvalue weighted by molar-refractivity contribution is -0.180. The zero-order valence-corrected chi connectivity index (χ0v) is 27.3. The summed E-state index contributed by atoms with van der Waals surface area (Å²) in [5.41, 5.74) is 1.63. The van der Waals surface area contributed by atoms with Crippen molar-refractivity contribution >= 4 is 11.9 Å². The Balaban J connectivity index is 1.51. The highest BCUT2D eigenvalue weighted by molar-refractivity contribution is 5.85. The molecule has 0 aromatic heterocycles. The highest BCUT2D eigenvalue weighted by Crippen LogP contribution is 2.59. The molecule has 0 heterocycles. The molecule has 0 radical (unpaired) electrons. The standard InChI is InChI=1S/C38H52O6/c1-21(2)29-17-7-23(5)19-31(29)43-37(41)35-33(25-9-13-27(39)14-10-25)36(34(35)26-11-15-28(40)16-12-26)38(42)44-32-20-24(6)8-18-30(32)22(3)4/h9-16,21-24,29-36,39-40H,7-8,17-20H2,1-6H3/t23-,24-,29+,30+,31-,32-,33?,34?,35?,36?/m1/s1. The number of hydrogen-bond donors (Lipinski definition) is 2. The van der Waals surface area contributed by atoms with Crippen LogP contribution in [0.5, 0.6) is 11.5 Å². The molecule has 0 unspecified atom stereocenters. The molecule has 0 bridgehead atoms. The van der Waals surface area contributed by atoms with E-state index >= 15 is 0 Å². The minimum Gasteiger partial charge on any atom is -0.508 e. The highest BCUT2D eigenvalue weighted by atomic mass is 16.6. The molecular formula is C38H52O6. The molecule has 3 aliphatic rings. The van der Waals surface area contributed by atoms with Crippen LogP contribution in [-0.2, 0) is 19.1 Å². The van der Waals surface area contributed by atoms with Crippen LogP contribution in [0.1, 0.15) is 103 Å². The molecule has 240 valence electrons. The predicted molar refractivity (Wildman–Crippen MR) is 171 cm³/mol. The van der Waals surface area contributed by atoms with Gasteiger partial charge in [0.1, 0.15) is 23.7 Å². The van der Waals surface area contributed by atoms with E-state index in [9.17, 15) is 19.8 Å². The first kappa shape index (κ1) is 32.4. The molecule has 0 spiro atoms. The average molecular weight is 605 g/mol. The van der Waals surface area contributed by atoms with Gasteiger partial charge < -0.3 is 19.7 Å². The molecule has 2 aromatic rings. The molecule has 5 rings (SSSR count). The van der Waals surface area contributed by atoms with E-state index in [1.807, 2.05) is 24.3 Å². The average Bonchev–Trinajstić information content (AvgIpc) is 2.94. The number of hydrogen-bond acceptors (Lipinski definition) is 6. The fraction of sp³-hybridized carbons (Fsp3) is 0.632. The van der Waals surface area contributed by atoms with Crippen molar-refractivity contribution in [2.45, 2.75) is 104 Å². The first-order valence-electron chi connectivity index (χ1n) is 16.9. The SMILES string of the molecule is CC(C)[C@@H]1CC[C@@H](C)C[C@H]1OC(=O)C1C(c2ccc(O)cc2)C(C(=O)O[C@@H]2C[C@H](C)CC[C@H]2C(C)C)C1c1ccc(O)cc1. The lowest BCUT2D eigenvalue weighted by Gasteiger charge is -2.51. The molecule has 6 atom stereocenters. The van der Waals surface area contributed by atoms with Gasteiger partial charge in [-0.25, -0.2) is 0 Å². The number of carbonyl (C=O) groups is 2. The summed E-state index contributed by atoms with van der Waals surface area (Å²) in [4.78, 5) is 28.7. The third kappa shape index (κ3) is 6.79. The number of benzene rings is 2. The number of aromatic hydroxyl groups is 2. The molecule has 0 aliphatic heterocycles. The molecule has 3 aliphatic carbocycles. The molecule has 2 N–H and O–H groups in total. The normalized spacial score (nSPS) is 33.9. The zero-order chi connectivity index (χ0) is 31.7. The monoisotopic (exact) mass is 604 g/mol. The molecular weight excluding hydrogens is 552 g/mol. The second kappa shape index (κ2) is 13.5. The van der Waals surface area contributed by atoms with Gasteiger partial charge in [-0.3, -0.25) is 9.59 Å². The highest BCUT2D eigenvalue weighted by Gasteiger charge is 2.60. The van der Waals surface area contributed by atoms with Crippen LogP contribution in [-0.4, -0.2) is 34.4 Å². The van der Waals surface area contributed by atoms with E-state index in [4.69, 9.17) is 9.47 Å². The van der Waals surface area contributed by atoms with Gasteiger partial charge in [-0.2, -0.15) is 0 Å². The number of carbonyl (C=O) groups excluding carboxylic acids is 2. The Morgan fingerprint density at radius 3 is 1.27 bits per heavy atom. The third-order valence-corrected chi connectivity index (χ3v) is 11.1. The van der Waals surface area contributed by atoms with Gasteiger partial charge in [0.2, 0.25) is 0 Å². The molecule has 0 amide bonds. The Hall–Kier alpha value is -3.02. The molecule has 6 nitrogen and oxygen atoms in total. The number of phenols is 2. The number of phenolic OH excluding ortho intramolecular Hbond substituents is 2. The lowest BCUT2D eigenvalue weighted by Crippen LogP contribution is -2.53. The summed E-state index contributed by atoms with van der Waals surface area (Å²) in [6, 6.07) is 13.7. The van der Waals surface area contributed by atoms with Gasteiger partial charge in [0, 0.05) is 11.8 Å². The van der Waals surface area contributed by atoms with Crippen molar-refractivity contribution in [1.82, 2.24) is 0 Å². The fourth-order valence-corrected chi connectivity index (χ4v) is 8.51. The predicted octanol–water partition coefficient (Wildman–Crippen LogP) is 8.22. The van der Waals surface area contributed by atoms with Gasteiger partial charge in [-0.15, -0.1) is 0 Å². The van der Waals surface area contributed by atoms with Crippen LogP contribution in [0, 0.1) is 47.3 Å². The summed E-state index contributed by atoms with van der Waals surface area (Å²) < 4.78 is 12.9. The first-order chi connectivity index (χ1) is 20.9. The summed E-state index contributed by atoms with van der Waals surface area (Å²) in [5, 5.41) is 20.1. The Morgan fingerprint density at radius 1 is 0.614 bits per heavy atom. The first-order valence-corrected chi connectivity index (χ1v) is 16.9. The van der Waals surface area contributed by atoms with Gasteiger partial charge in [0.25, 0.3) is 0 Å². The smallest absolute Gasteiger partial charge is 0.310 e. The van der Waals surface area contributed by atoms with Crippen molar-refractivity contribution in [2.24, 2.45) is 47.3 Å². The molecule has 44 heavy (non-hydrogen) atoms. The molecule has 3 saturated carbocycles. The van der Waals surface area contributed by atoms with E-state index in [0.717, 1.165) is 49.7 Å². The maximum Gasteiger partial charge on any atom is 0.310 e. The van der Waals surface area contributed by atoms with Crippen molar-refractivity contribution in [3.63, 3.8) is 0 Å². The number of ether oxygens (including phenoxy) is 2. The summed E-state index contributed by atoms with van der Waals surface area (Å²) in [6.45, 7) is 13.2. The van der Waals surface area contributed by atoms with Crippen LogP contribution < -0.4 is 0 Å². The Morgan fingerprint density at radius 2 is 0.955 bits per heavy atom. The van der Waals surface area contributed by atoms with Crippen molar-refractivity contribution < 1.29 is 29.3 Å². The van der Waals surface area contributed by atoms with Crippen molar-refractivity contribution in [1.29, 1.82) is 0 Å². The van der Waals surface area contributed by atoms with Gasteiger partial charge in [0.15, 0.2) is 0 Å². The maximum absolute atomic E-state index is 14.3. The lowest BCUT2D eigenvalue weighted by atomic mass is 9.52. The van der Waals surface area contributed by atoms with Crippen molar-refractivity contribution in [3.05, 3.63) is 59.7 Å². The van der Waals surface area contributed by atoms with Crippen LogP contribution in [0.3, 0.4) is 0 Å². The van der Waals surface area contributed by atoms with E-state index in [1.165, 1.54) is 0 Å². The van der Waals surface area contributed by atoms with Crippen molar-refractivity contribution in [2.75, 3.05) is 0 Å². The topological polar surface area (TPSA) is 93.1 Å². The van der Waals surface area contributed by atoms with Crippen LogP contribution in [0.15, 0.2) is 48.5 Å². The van der Waals surface area contributed by atoms with E-state index < -0.39 is 23.7 Å². The molecule has 0 saturated heterocycles. The van der Waals surface area contributed by atoms with E-state index in [2.05, 4.69) is 41.5 Å². The minimum absolute atomic E-state index is 0.133. The van der Waals surface area contributed by atoms with Crippen LogP contribution in [0.25, 0.3) is 0 Å². The quantitative estimate of drug-likeness (QED) is 0.295. The molecule has 3 fully saturated rings. The maximum atomic E-state index is 14.3. The van der Waals surface area contributed by atoms with E-state index in [-0.39, 0.29) is 35.6 Å². The third-order valence-electron chi connectivity index (χ3n) is 11.1. The second-order valence-electron chi connectivity index (χ2n) is 14.9. The molecule has 2 aromatic carbocycles. The summed E-state index contributed by atoms with van der Waals surface area (Å²) in [6.07, 6.45) is 5.72. The fourth-order valence-electron chi connectivity index (χ4n) is 8.51. The van der Waals surface area contributed by atoms with Crippen LogP contribution in [0.2, 0.25) is 0 Å². The second-order valence-corrected chi connectivity index (χ2v) is 14.9. The summed E-state index contributed by atoms with van der Waals surface area (Å²) in [7, 11) is 0. The van der Waals surface area contributed by atoms with Gasteiger partial charge in [-0.1, -0.05) is 78.6 Å². The molecule has 6 heteroatoms. The summed E-state index contributed by atoms with van der Waals surface area (Å²) >= 11 is 0.